The van der Waals surface area contributed by atoms with Crippen LogP contribution in [-0.2, 0) is 16.0 Å². The maximum absolute atomic E-state index is 10.5. The van der Waals surface area contributed by atoms with Gasteiger partial charge in [-0.3, -0.25) is 4.79 Å². The van der Waals surface area contributed by atoms with Crippen LogP contribution >= 0.6 is 0 Å². The van der Waals surface area contributed by atoms with Crippen LogP contribution in [0.3, 0.4) is 0 Å². The Morgan fingerprint density at radius 1 is 1.48 bits per heavy atom. The lowest BCUT2D eigenvalue weighted by Crippen LogP contribution is -2.18. The molecule has 1 fully saturated rings. The highest BCUT2D eigenvalue weighted by atomic mass is 16.5. The SMILES string of the molecule is C#CC(C)[C@H](O)/C=C/[C@H]1C(O)CC2Oc3c(CCCOC=O)cccc3C21. The molecule has 0 saturated heterocycles. The quantitative estimate of drug-likeness (QED) is 0.318. The molecule has 2 aliphatic rings. The summed E-state index contributed by atoms with van der Waals surface area (Å²) in [5.41, 5.74) is 2.19. The van der Waals surface area contributed by atoms with Gasteiger partial charge in [0.2, 0.25) is 0 Å². The molecule has 6 atom stereocenters. The van der Waals surface area contributed by atoms with E-state index in [-0.39, 0.29) is 23.9 Å². The molecule has 1 aromatic carbocycles. The zero-order valence-corrected chi connectivity index (χ0v) is 15.5. The average Bonchev–Trinajstić information content (AvgIpc) is 3.17. The number of hydrogen-bond acceptors (Lipinski definition) is 5. The molecule has 4 unspecified atom stereocenters. The van der Waals surface area contributed by atoms with Crippen molar-refractivity contribution < 1.29 is 24.5 Å². The van der Waals surface area contributed by atoms with Gasteiger partial charge in [-0.15, -0.1) is 12.3 Å². The number of carbonyl (C=O) groups excluding carboxylic acids is 1. The molecule has 1 aromatic rings. The Balaban J connectivity index is 1.77. The number of aliphatic hydroxyl groups is 2. The van der Waals surface area contributed by atoms with Crippen LogP contribution in [0.4, 0.5) is 0 Å². The highest BCUT2D eigenvalue weighted by molar-refractivity contribution is 5.49. The third-order valence-corrected chi connectivity index (χ3v) is 5.57. The Morgan fingerprint density at radius 2 is 2.30 bits per heavy atom. The van der Waals surface area contributed by atoms with E-state index in [1.807, 2.05) is 24.3 Å². The minimum Gasteiger partial charge on any atom is -0.489 e. The van der Waals surface area contributed by atoms with Crippen molar-refractivity contribution in [3.63, 3.8) is 0 Å². The molecule has 5 nitrogen and oxygen atoms in total. The van der Waals surface area contributed by atoms with Crippen LogP contribution in [0.25, 0.3) is 0 Å². The van der Waals surface area contributed by atoms with Gasteiger partial charge in [0.25, 0.3) is 6.47 Å². The van der Waals surface area contributed by atoms with E-state index < -0.39 is 12.2 Å². The van der Waals surface area contributed by atoms with Crippen LogP contribution in [0.2, 0.25) is 0 Å². The third-order valence-electron chi connectivity index (χ3n) is 5.57. The van der Waals surface area contributed by atoms with E-state index in [4.69, 9.17) is 15.9 Å². The fourth-order valence-corrected chi connectivity index (χ4v) is 4.07. The van der Waals surface area contributed by atoms with Crippen molar-refractivity contribution in [2.45, 2.75) is 50.4 Å². The van der Waals surface area contributed by atoms with E-state index >= 15 is 0 Å². The minimum absolute atomic E-state index is 0.0609. The maximum atomic E-state index is 10.5. The predicted octanol–water partition coefficient (Wildman–Crippen LogP) is 2.20. The van der Waals surface area contributed by atoms with Crippen LogP contribution in [0.1, 0.15) is 36.8 Å². The summed E-state index contributed by atoms with van der Waals surface area (Å²) in [6.07, 6.45) is 9.69. The molecule has 1 aliphatic heterocycles. The predicted molar refractivity (Wildman–Crippen MR) is 101 cm³/mol. The molecule has 1 aliphatic carbocycles. The maximum Gasteiger partial charge on any atom is 0.293 e. The van der Waals surface area contributed by atoms with Crippen LogP contribution in [0, 0.1) is 24.2 Å². The van der Waals surface area contributed by atoms with E-state index in [1.54, 1.807) is 13.0 Å². The number of ether oxygens (including phenoxy) is 2. The largest absolute Gasteiger partial charge is 0.489 e. The smallest absolute Gasteiger partial charge is 0.293 e. The second kappa shape index (κ2) is 8.60. The fraction of sp³-hybridized carbons (Fsp3) is 0.500. The molecule has 0 radical (unpaired) electrons. The second-order valence-corrected chi connectivity index (χ2v) is 7.30. The zero-order chi connectivity index (χ0) is 19.4. The number of terminal acetylenes is 1. The van der Waals surface area contributed by atoms with Crippen molar-refractivity contribution >= 4 is 6.47 Å². The van der Waals surface area contributed by atoms with E-state index in [1.165, 1.54) is 0 Å². The number of fused-ring (bicyclic) bond motifs is 3. The van der Waals surface area contributed by atoms with E-state index in [0.717, 1.165) is 29.7 Å². The fourth-order valence-electron chi connectivity index (χ4n) is 4.07. The lowest BCUT2D eigenvalue weighted by Gasteiger charge is -2.18. The zero-order valence-electron chi connectivity index (χ0n) is 15.5. The molecule has 0 amide bonds. The topological polar surface area (TPSA) is 76.0 Å². The Bertz CT molecular complexity index is 735. The Labute approximate surface area is 160 Å². The average molecular weight is 370 g/mol. The van der Waals surface area contributed by atoms with Crippen molar-refractivity contribution in [1.29, 1.82) is 0 Å². The monoisotopic (exact) mass is 370 g/mol. The van der Waals surface area contributed by atoms with Gasteiger partial charge in [-0.05, 0) is 25.3 Å². The molecule has 0 aromatic heterocycles. The van der Waals surface area contributed by atoms with Gasteiger partial charge in [0.1, 0.15) is 11.9 Å². The van der Waals surface area contributed by atoms with Gasteiger partial charge in [0.05, 0.1) is 18.8 Å². The summed E-state index contributed by atoms with van der Waals surface area (Å²) in [5, 5.41) is 20.6. The van der Waals surface area contributed by atoms with Crippen molar-refractivity contribution in [3.8, 4) is 18.1 Å². The number of rotatable bonds is 8. The Hall–Kier alpha value is -2.29. The first-order valence-electron chi connectivity index (χ1n) is 9.41. The van der Waals surface area contributed by atoms with Gasteiger partial charge in [-0.1, -0.05) is 30.4 Å². The molecule has 144 valence electrons. The van der Waals surface area contributed by atoms with E-state index in [2.05, 4.69) is 5.92 Å². The molecular formula is C22H26O5. The van der Waals surface area contributed by atoms with Crippen molar-refractivity contribution in [2.24, 2.45) is 11.8 Å². The van der Waals surface area contributed by atoms with Crippen molar-refractivity contribution in [1.82, 2.24) is 0 Å². The summed E-state index contributed by atoms with van der Waals surface area (Å²) >= 11 is 0. The van der Waals surface area contributed by atoms with Crippen LogP contribution in [-0.4, -0.2) is 41.6 Å². The third kappa shape index (κ3) is 4.02. The first-order valence-corrected chi connectivity index (χ1v) is 9.41. The Morgan fingerprint density at radius 3 is 3.04 bits per heavy atom. The number of benzene rings is 1. The summed E-state index contributed by atoms with van der Waals surface area (Å²) in [4.78, 5) is 10.3. The number of carbonyl (C=O) groups is 1. The highest BCUT2D eigenvalue weighted by Crippen LogP contribution is 2.52. The van der Waals surface area contributed by atoms with Gasteiger partial charge < -0.3 is 19.7 Å². The van der Waals surface area contributed by atoms with Gasteiger partial charge in [0, 0.05) is 29.7 Å². The molecule has 0 spiro atoms. The van der Waals surface area contributed by atoms with Gasteiger partial charge >= 0.3 is 0 Å². The van der Waals surface area contributed by atoms with Crippen LogP contribution in [0.15, 0.2) is 30.4 Å². The minimum atomic E-state index is -0.729. The molecule has 5 heteroatoms. The van der Waals surface area contributed by atoms with E-state index in [0.29, 0.717) is 19.5 Å². The molecule has 3 rings (SSSR count). The number of para-hydroxylation sites is 1. The number of aryl methyl sites for hydroxylation is 1. The lowest BCUT2D eigenvalue weighted by atomic mass is 9.86. The molecule has 1 saturated carbocycles. The van der Waals surface area contributed by atoms with Crippen LogP contribution < -0.4 is 4.74 Å². The first kappa shape index (κ1) is 19.5. The highest BCUT2D eigenvalue weighted by Gasteiger charge is 2.48. The standard InChI is InChI=1S/C22H26O5/c1-3-14(2)18(24)10-9-16-19(25)12-20-21(16)17-8-4-6-15(22(17)27-20)7-5-11-26-13-23/h1,4,6,8-10,13-14,16,18-21,24-25H,5,7,11-12H2,2H3/b10-9+/t14?,16-,18+,19?,20?,21?/m0/s1. The molecule has 2 N–H and O–H groups in total. The molecule has 0 bridgehead atoms. The van der Waals surface area contributed by atoms with Gasteiger partial charge in [-0.2, -0.15) is 0 Å². The number of aliphatic hydroxyl groups excluding tert-OH is 2. The molecular weight excluding hydrogens is 344 g/mol. The van der Waals surface area contributed by atoms with Crippen molar-refractivity contribution in [3.05, 3.63) is 41.5 Å². The molecule has 1 heterocycles. The lowest BCUT2D eigenvalue weighted by molar-refractivity contribution is -0.128. The Kier molecular flexibility index (Phi) is 6.20. The number of hydrogen-bond donors (Lipinski definition) is 2. The van der Waals surface area contributed by atoms with Crippen LogP contribution in [0.5, 0.6) is 5.75 Å². The van der Waals surface area contributed by atoms with Crippen molar-refractivity contribution in [2.75, 3.05) is 6.61 Å². The summed E-state index contributed by atoms with van der Waals surface area (Å²) in [7, 11) is 0. The second-order valence-electron chi connectivity index (χ2n) is 7.30. The summed E-state index contributed by atoms with van der Waals surface area (Å²) in [6.45, 7) is 2.64. The first-order chi connectivity index (χ1) is 13.1. The summed E-state index contributed by atoms with van der Waals surface area (Å²) in [5.74, 6) is 3.08. The van der Waals surface area contributed by atoms with E-state index in [9.17, 15) is 15.0 Å². The summed E-state index contributed by atoms with van der Waals surface area (Å²) < 4.78 is 11.0. The molecule has 27 heavy (non-hydrogen) atoms. The normalized spacial score (nSPS) is 28.1. The van der Waals surface area contributed by atoms with Gasteiger partial charge in [0.15, 0.2) is 0 Å². The summed E-state index contributed by atoms with van der Waals surface area (Å²) in [6, 6.07) is 6.08. The van der Waals surface area contributed by atoms with Gasteiger partial charge in [-0.25, -0.2) is 0 Å².